The highest BCUT2D eigenvalue weighted by atomic mass is 127. The van der Waals surface area contributed by atoms with E-state index in [1.807, 2.05) is 39.8 Å². The highest BCUT2D eigenvalue weighted by molar-refractivity contribution is 14.0. The molecule has 0 aliphatic rings. The molecule has 1 aromatic rings. The maximum absolute atomic E-state index is 12.1. The van der Waals surface area contributed by atoms with Gasteiger partial charge in [0.15, 0.2) is 5.96 Å². The number of guanidine groups is 1. The minimum atomic E-state index is -0.844. The van der Waals surface area contributed by atoms with Crippen molar-refractivity contribution < 1.29 is 8.95 Å². The maximum atomic E-state index is 12.1. The highest BCUT2D eigenvalue weighted by Crippen LogP contribution is 2.13. The van der Waals surface area contributed by atoms with E-state index in [4.69, 9.17) is 4.74 Å². The molecular formula is C20H36IN3O2S. The van der Waals surface area contributed by atoms with Crippen molar-refractivity contribution in [3.05, 3.63) is 29.8 Å². The van der Waals surface area contributed by atoms with Crippen LogP contribution >= 0.6 is 24.0 Å². The molecule has 27 heavy (non-hydrogen) atoms. The van der Waals surface area contributed by atoms with E-state index >= 15 is 0 Å². The zero-order valence-corrected chi connectivity index (χ0v) is 20.5. The molecule has 1 aromatic carbocycles. The van der Waals surface area contributed by atoms with E-state index in [0.29, 0.717) is 12.3 Å². The summed E-state index contributed by atoms with van der Waals surface area (Å²) in [7, 11) is 0.840. The summed E-state index contributed by atoms with van der Waals surface area (Å²) in [5, 5.41) is 6.52. The molecule has 156 valence electrons. The number of benzene rings is 1. The Labute approximate surface area is 184 Å². The number of halogens is 1. The molecule has 0 spiro atoms. The molecule has 0 radical (unpaired) electrons. The number of rotatable bonds is 10. The van der Waals surface area contributed by atoms with Crippen LogP contribution < -0.4 is 15.4 Å². The average Bonchev–Trinajstić information content (AvgIpc) is 2.61. The maximum Gasteiger partial charge on any atom is 0.191 e. The first kappa shape index (κ1) is 26.2. The second kappa shape index (κ2) is 14.2. The molecule has 0 heterocycles. The van der Waals surface area contributed by atoms with Gasteiger partial charge in [0.25, 0.3) is 0 Å². The van der Waals surface area contributed by atoms with Gasteiger partial charge in [-0.15, -0.1) is 24.0 Å². The summed E-state index contributed by atoms with van der Waals surface area (Å²) in [6.07, 6.45) is 3.19. The number of methoxy groups -OCH3 is 1. The van der Waals surface area contributed by atoms with E-state index < -0.39 is 10.8 Å². The van der Waals surface area contributed by atoms with Crippen LogP contribution in [-0.2, 0) is 17.2 Å². The van der Waals surface area contributed by atoms with Gasteiger partial charge in [0, 0.05) is 40.9 Å². The molecule has 0 saturated carbocycles. The molecule has 1 unspecified atom stereocenters. The first-order valence-electron chi connectivity index (χ1n) is 9.40. The molecule has 0 amide bonds. The van der Waals surface area contributed by atoms with E-state index in [0.717, 1.165) is 44.1 Å². The van der Waals surface area contributed by atoms with Crippen LogP contribution in [0.1, 0.15) is 46.1 Å². The van der Waals surface area contributed by atoms with E-state index in [-0.39, 0.29) is 28.7 Å². The summed E-state index contributed by atoms with van der Waals surface area (Å²) in [5.74, 6) is 2.33. The van der Waals surface area contributed by atoms with E-state index in [1.165, 1.54) is 5.56 Å². The first-order valence-corrected chi connectivity index (χ1v) is 10.7. The third kappa shape index (κ3) is 11.6. The van der Waals surface area contributed by atoms with Crippen molar-refractivity contribution in [2.75, 3.05) is 32.5 Å². The highest BCUT2D eigenvalue weighted by Gasteiger charge is 2.18. The Hall–Kier alpha value is -0.830. The number of ether oxygens (including phenoxy) is 1. The fourth-order valence-electron chi connectivity index (χ4n) is 2.33. The topological polar surface area (TPSA) is 62.7 Å². The van der Waals surface area contributed by atoms with Crippen molar-refractivity contribution in [2.24, 2.45) is 4.99 Å². The summed E-state index contributed by atoms with van der Waals surface area (Å²) in [6, 6.07) is 8.23. The van der Waals surface area contributed by atoms with Crippen LogP contribution in [-0.4, -0.2) is 47.4 Å². The zero-order valence-electron chi connectivity index (χ0n) is 17.3. The summed E-state index contributed by atoms with van der Waals surface area (Å²) in [4.78, 5) is 4.61. The summed E-state index contributed by atoms with van der Waals surface area (Å²) < 4.78 is 17.1. The smallest absolute Gasteiger partial charge is 0.191 e. The first-order chi connectivity index (χ1) is 12.4. The number of hydrogen-bond donors (Lipinski definition) is 2. The van der Waals surface area contributed by atoms with E-state index in [2.05, 4.69) is 27.8 Å². The van der Waals surface area contributed by atoms with Crippen LogP contribution in [0.5, 0.6) is 5.75 Å². The third-order valence-electron chi connectivity index (χ3n) is 3.91. The third-order valence-corrected chi connectivity index (χ3v) is 5.85. The van der Waals surface area contributed by atoms with Gasteiger partial charge in [-0.3, -0.25) is 9.20 Å². The van der Waals surface area contributed by atoms with Gasteiger partial charge in [0.05, 0.1) is 7.11 Å². The Morgan fingerprint density at radius 3 is 2.37 bits per heavy atom. The molecule has 0 aliphatic carbocycles. The largest absolute Gasteiger partial charge is 0.497 e. The zero-order chi connectivity index (χ0) is 19.4. The van der Waals surface area contributed by atoms with Crippen molar-refractivity contribution in [2.45, 2.75) is 51.7 Å². The van der Waals surface area contributed by atoms with Gasteiger partial charge >= 0.3 is 0 Å². The Morgan fingerprint density at radius 1 is 1.15 bits per heavy atom. The summed E-state index contributed by atoms with van der Waals surface area (Å²) >= 11 is 0. The Balaban J connectivity index is 0.00000676. The Bertz CT molecular complexity index is 572. The molecule has 0 aromatic heterocycles. The van der Waals surface area contributed by atoms with Gasteiger partial charge in [0.2, 0.25) is 0 Å². The standard InChI is InChI=1S/C20H35N3O2S.HI/c1-6-21-19(23-15-16-26(24)20(2,3)4)22-14-8-7-9-17-10-12-18(25-5)13-11-17;/h10-13H,6-9,14-16H2,1-5H3,(H2,21,22,23);1H. The number of nitrogens with one attached hydrogen (secondary N) is 2. The molecule has 1 rings (SSSR count). The molecular weight excluding hydrogens is 473 g/mol. The molecule has 7 heteroatoms. The van der Waals surface area contributed by atoms with Gasteiger partial charge in [-0.1, -0.05) is 12.1 Å². The molecule has 0 bridgehead atoms. The lowest BCUT2D eigenvalue weighted by Crippen LogP contribution is -2.40. The van der Waals surface area contributed by atoms with Gasteiger partial charge < -0.3 is 15.4 Å². The molecule has 1 atom stereocenters. The van der Waals surface area contributed by atoms with Crippen LogP contribution in [0.25, 0.3) is 0 Å². The van der Waals surface area contributed by atoms with Crippen molar-refractivity contribution in [3.63, 3.8) is 0 Å². The van der Waals surface area contributed by atoms with E-state index in [9.17, 15) is 4.21 Å². The predicted molar refractivity (Wildman–Crippen MR) is 128 cm³/mol. The number of nitrogens with zero attached hydrogens (tertiary/aromatic N) is 1. The predicted octanol–water partition coefficient (Wildman–Crippen LogP) is 3.74. The summed E-state index contributed by atoms with van der Waals surface area (Å²) in [5.41, 5.74) is 1.32. The van der Waals surface area contributed by atoms with Crippen LogP contribution in [0.4, 0.5) is 0 Å². The molecule has 5 nitrogen and oxygen atoms in total. The number of hydrogen-bond acceptors (Lipinski definition) is 3. The lowest BCUT2D eigenvalue weighted by Gasteiger charge is -2.18. The Morgan fingerprint density at radius 2 is 1.81 bits per heavy atom. The van der Waals surface area contributed by atoms with E-state index in [1.54, 1.807) is 7.11 Å². The number of aliphatic imine (C=N–C) groups is 1. The second-order valence-electron chi connectivity index (χ2n) is 7.15. The van der Waals surface area contributed by atoms with Gasteiger partial charge in [-0.05, 0) is 64.7 Å². The lowest BCUT2D eigenvalue weighted by molar-refractivity contribution is 0.414. The molecule has 0 saturated heterocycles. The average molecular weight is 509 g/mol. The lowest BCUT2D eigenvalue weighted by atomic mass is 10.1. The fourth-order valence-corrected chi connectivity index (χ4v) is 3.23. The van der Waals surface area contributed by atoms with Crippen molar-refractivity contribution in [3.8, 4) is 5.75 Å². The number of aryl methyl sites for hydroxylation is 1. The minimum Gasteiger partial charge on any atom is -0.497 e. The van der Waals surface area contributed by atoms with Crippen molar-refractivity contribution >= 4 is 40.7 Å². The van der Waals surface area contributed by atoms with Crippen molar-refractivity contribution in [1.82, 2.24) is 10.6 Å². The number of unbranched alkanes of at least 4 members (excludes halogenated alkanes) is 1. The Kier molecular flexibility index (Phi) is 13.8. The molecule has 2 N–H and O–H groups in total. The normalized spacial score (nSPS) is 12.9. The molecule has 0 aliphatic heterocycles. The second-order valence-corrected chi connectivity index (χ2v) is 9.48. The summed E-state index contributed by atoms with van der Waals surface area (Å²) in [6.45, 7) is 10.3. The monoisotopic (exact) mass is 509 g/mol. The van der Waals surface area contributed by atoms with Crippen molar-refractivity contribution in [1.29, 1.82) is 0 Å². The minimum absolute atomic E-state index is 0. The van der Waals surface area contributed by atoms with Crippen LogP contribution in [0, 0.1) is 0 Å². The van der Waals surface area contributed by atoms with Gasteiger partial charge in [0.1, 0.15) is 5.75 Å². The van der Waals surface area contributed by atoms with Gasteiger partial charge in [-0.25, -0.2) is 0 Å². The van der Waals surface area contributed by atoms with Crippen LogP contribution in [0.2, 0.25) is 0 Å². The molecule has 0 fully saturated rings. The SMILES string of the molecule is CCNC(=NCCCCc1ccc(OC)cc1)NCCS(=O)C(C)(C)C.I. The van der Waals surface area contributed by atoms with Gasteiger partial charge in [-0.2, -0.15) is 0 Å². The fraction of sp³-hybridized carbons (Fsp3) is 0.650. The van der Waals surface area contributed by atoms with Crippen LogP contribution in [0.3, 0.4) is 0 Å². The van der Waals surface area contributed by atoms with Crippen LogP contribution in [0.15, 0.2) is 29.3 Å². The quantitative estimate of drug-likeness (QED) is 0.218.